The van der Waals surface area contributed by atoms with E-state index in [2.05, 4.69) is 5.32 Å². The van der Waals surface area contributed by atoms with Gasteiger partial charge in [-0.25, -0.2) is 0 Å². The lowest BCUT2D eigenvalue weighted by atomic mass is 9.86. The molecule has 1 atom stereocenters. The monoisotopic (exact) mass is 342 g/mol. The highest BCUT2D eigenvalue weighted by molar-refractivity contribution is 6.30. The molecule has 2 aromatic rings. The maximum atomic E-state index is 12.9. The summed E-state index contributed by atoms with van der Waals surface area (Å²) in [6, 6.07) is 14.7. The third-order valence-electron chi connectivity index (χ3n) is 4.54. The Morgan fingerprint density at radius 1 is 1.17 bits per heavy atom. The molecule has 0 spiro atoms. The van der Waals surface area contributed by atoms with Gasteiger partial charge in [0.1, 0.15) is 5.54 Å². The lowest BCUT2D eigenvalue weighted by Crippen LogP contribution is -2.52. The maximum absolute atomic E-state index is 12.9. The van der Waals surface area contributed by atoms with E-state index in [0.29, 0.717) is 23.6 Å². The molecule has 2 aromatic carbocycles. The number of carbonyl (C=O) groups excluding carboxylic acids is 2. The number of Topliss-reactive ketones (excluding diaryl/α,β-unsaturated/α-hetero) is 1. The normalized spacial score (nSPS) is 20.0. The van der Waals surface area contributed by atoms with Crippen molar-refractivity contribution in [2.75, 3.05) is 6.54 Å². The van der Waals surface area contributed by atoms with Gasteiger partial charge in [0.15, 0.2) is 5.78 Å². The van der Waals surface area contributed by atoms with Gasteiger partial charge in [0.05, 0.1) is 0 Å². The smallest absolute Gasteiger partial charge is 0.238 e. The quantitative estimate of drug-likeness (QED) is 0.820. The standard InChI is InChI=1S/C19H19ClN2O2/c20-14-6-3-5-13(11-14)15-7-1-2-8-16(15)17(23)12-19(18(21)24)9-4-10-22-19/h1-3,5-8,11,22H,4,9-10,12H2,(H2,21,24)/t19-/m1/s1. The molecule has 24 heavy (non-hydrogen) atoms. The summed E-state index contributed by atoms with van der Waals surface area (Å²) < 4.78 is 0. The van der Waals surface area contributed by atoms with E-state index < -0.39 is 11.4 Å². The van der Waals surface area contributed by atoms with Crippen LogP contribution in [0.2, 0.25) is 5.02 Å². The van der Waals surface area contributed by atoms with Gasteiger partial charge < -0.3 is 11.1 Å². The molecule has 1 aliphatic rings. The summed E-state index contributed by atoms with van der Waals surface area (Å²) >= 11 is 6.07. The molecule has 0 aliphatic carbocycles. The predicted octanol–water partition coefficient (Wildman–Crippen LogP) is 3.19. The maximum Gasteiger partial charge on any atom is 0.238 e. The van der Waals surface area contributed by atoms with Crippen LogP contribution < -0.4 is 11.1 Å². The van der Waals surface area contributed by atoms with Crippen LogP contribution in [0.25, 0.3) is 11.1 Å². The van der Waals surface area contributed by atoms with E-state index in [1.165, 1.54) is 0 Å². The van der Waals surface area contributed by atoms with Gasteiger partial charge in [-0.1, -0.05) is 48.0 Å². The molecule has 1 heterocycles. The first-order valence-corrected chi connectivity index (χ1v) is 8.33. The fraction of sp³-hybridized carbons (Fsp3) is 0.263. The molecule has 0 unspecified atom stereocenters. The van der Waals surface area contributed by atoms with Crippen molar-refractivity contribution in [3.63, 3.8) is 0 Å². The van der Waals surface area contributed by atoms with Crippen LogP contribution in [0.1, 0.15) is 29.6 Å². The molecule has 4 nitrogen and oxygen atoms in total. The zero-order valence-corrected chi connectivity index (χ0v) is 14.0. The second-order valence-electron chi connectivity index (χ2n) is 6.13. The summed E-state index contributed by atoms with van der Waals surface area (Å²) in [4.78, 5) is 24.8. The zero-order valence-electron chi connectivity index (χ0n) is 13.2. The minimum Gasteiger partial charge on any atom is -0.368 e. The second kappa shape index (κ2) is 6.75. The third kappa shape index (κ3) is 3.21. The number of hydrogen-bond acceptors (Lipinski definition) is 3. The Labute approximate surface area is 146 Å². The van der Waals surface area contributed by atoms with Gasteiger partial charge in [-0.15, -0.1) is 0 Å². The number of ketones is 1. The summed E-state index contributed by atoms with van der Waals surface area (Å²) in [5, 5.41) is 3.73. The zero-order chi connectivity index (χ0) is 17.2. The highest BCUT2D eigenvalue weighted by atomic mass is 35.5. The van der Waals surface area contributed by atoms with Crippen LogP contribution in [0.5, 0.6) is 0 Å². The van der Waals surface area contributed by atoms with Crippen LogP contribution in [0.4, 0.5) is 0 Å². The Morgan fingerprint density at radius 2 is 1.96 bits per heavy atom. The fourth-order valence-corrected chi connectivity index (χ4v) is 3.45. The summed E-state index contributed by atoms with van der Waals surface area (Å²) in [6.45, 7) is 0.701. The molecule has 0 bridgehead atoms. The van der Waals surface area contributed by atoms with Crippen molar-refractivity contribution >= 4 is 23.3 Å². The van der Waals surface area contributed by atoms with Crippen LogP contribution in [0, 0.1) is 0 Å². The van der Waals surface area contributed by atoms with Crippen molar-refractivity contribution in [1.29, 1.82) is 0 Å². The summed E-state index contributed by atoms with van der Waals surface area (Å²) in [6.07, 6.45) is 1.50. The van der Waals surface area contributed by atoms with Crippen molar-refractivity contribution in [3.8, 4) is 11.1 Å². The highest BCUT2D eigenvalue weighted by Crippen LogP contribution is 2.30. The summed E-state index contributed by atoms with van der Waals surface area (Å²) in [5.74, 6) is -0.563. The average Bonchev–Trinajstić information content (AvgIpc) is 3.05. The number of primary amides is 1. The minimum atomic E-state index is -0.932. The topological polar surface area (TPSA) is 72.2 Å². The predicted molar refractivity (Wildman–Crippen MR) is 95.0 cm³/mol. The molecule has 124 valence electrons. The first kappa shape index (κ1) is 16.7. The highest BCUT2D eigenvalue weighted by Gasteiger charge is 2.41. The van der Waals surface area contributed by atoms with E-state index >= 15 is 0 Å². The molecule has 0 radical (unpaired) electrons. The molecule has 1 fully saturated rings. The number of carbonyl (C=O) groups is 2. The third-order valence-corrected chi connectivity index (χ3v) is 4.78. The number of benzene rings is 2. The number of rotatable bonds is 5. The van der Waals surface area contributed by atoms with Gasteiger partial charge in [0, 0.05) is 17.0 Å². The van der Waals surface area contributed by atoms with Crippen LogP contribution in [0.15, 0.2) is 48.5 Å². The first-order chi connectivity index (χ1) is 11.5. The number of nitrogens with one attached hydrogen (secondary N) is 1. The molecular formula is C19H19ClN2O2. The molecule has 0 saturated carbocycles. The summed E-state index contributed by atoms with van der Waals surface area (Å²) in [7, 11) is 0. The Bertz CT molecular complexity index is 782. The minimum absolute atomic E-state index is 0.0694. The van der Waals surface area contributed by atoms with Crippen LogP contribution >= 0.6 is 11.6 Å². The summed E-state index contributed by atoms with van der Waals surface area (Å²) in [5.41, 5.74) is 6.88. The lowest BCUT2D eigenvalue weighted by molar-refractivity contribution is -0.123. The largest absolute Gasteiger partial charge is 0.368 e. The van der Waals surface area contributed by atoms with E-state index in [0.717, 1.165) is 17.5 Å². The van der Waals surface area contributed by atoms with E-state index in [-0.39, 0.29) is 12.2 Å². The van der Waals surface area contributed by atoms with Crippen molar-refractivity contribution in [2.24, 2.45) is 5.73 Å². The molecule has 3 N–H and O–H groups in total. The fourth-order valence-electron chi connectivity index (χ4n) is 3.26. The lowest BCUT2D eigenvalue weighted by Gasteiger charge is -2.25. The second-order valence-corrected chi connectivity index (χ2v) is 6.57. The van der Waals surface area contributed by atoms with Gasteiger partial charge >= 0.3 is 0 Å². The van der Waals surface area contributed by atoms with Crippen LogP contribution in [0.3, 0.4) is 0 Å². The molecule has 3 rings (SSSR count). The Balaban J connectivity index is 1.95. The Morgan fingerprint density at radius 3 is 2.62 bits per heavy atom. The molecule has 1 saturated heterocycles. The molecule has 1 amide bonds. The van der Waals surface area contributed by atoms with E-state index in [4.69, 9.17) is 17.3 Å². The van der Waals surface area contributed by atoms with Gasteiger partial charge in [0.25, 0.3) is 0 Å². The first-order valence-electron chi connectivity index (χ1n) is 7.95. The molecule has 5 heteroatoms. The van der Waals surface area contributed by atoms with Gasteiger partial charge in [0.2, 0.25) is 5.91 Å². The number of nitrogens with two attached hydrogens (primary N) is 1. The van der Waals surface area contributed by atoms with Crippen LogP contribution in [-0.4, -0.2) is 23.8 Å². The van der Waals surface area contributed by atoms with Gasteiger partial charge in [-0.3, -0.25) is 9.59 Å². The SMILES string of the molecule is NC(=O)[C@]1(CC(=O)c2ccccc2-c2cccc(Cl)c2)CCCN1. The number of halogens is 1. The van der Waals surface area contributed by atoms with E-state index in [9.17, 15) is 9.59 Å². The van der Waals surface area contributed by atoms with E-state index in [1.54, 1.807) is 12.1 Å². The Kier molecular flexibility index (Phi) is 4.69. The van der Waals surface area contributed by atoms with Crippen molar-refractivity contribution in [3.05, 3.63) is 59.1 Å². The molecule has 1 aliphatic heterocycles. The van der Waals surface area contributed by atoms with Crippen LogP contribution in [-0.2, 0) is 4.79 Å². The van der Waals surface area contributed by atoms with Gasteiger partial charge in [-0.2, -0.15) is 0 Å². The molecular weight excluding hydrogens is 324 g/mol. The van der Waals surface area contributed by atoms with Crippen molar-refractivity contribution in [2.45, 2.75) is 24.8 Å². The average molecular weight is 343 g/mol. The van der Waals surface area contributed by atoms with Crippen molar-refractivity contribution in [1.82, 2.24) is 5.32 Å². The number of hydrogen-bond donors (Lipinski definition) is 2. The molecule has 0 aromatic heterocycles. The Hall–Kier alpha value is -2.17. The number of amides is 1. The van der Waals surface area contributed by atoms with Gasteiger partial charge in [-0.05, 0) is 42.6 Å². The van der Waals surface area contributed by atoms with Crippen molar-refractivity contribution < 1.29 is 9.59 Å². The van der Waals surface area contributed by atoms with E-state index in [1.807, 2.05) is 36.4 Å².